The van der Waals surface area contributed by atoms with E-state index in [4.69, 9.17) is 16.3 Å². The van der Waals surface area contributed by atoms with Crippen LogP contribution in [-0.2, 0) is 4.74 Å². The lowest BCUT2D eigenvalue weighted by Crippen LogP contribution is -2.07. The summed E-state index contributed by atoms with van der Waals surface area (Å²) in [5.74, 6) is 0. The highest BCUT2D eigenvalue weighted by molar-refractivity contribution is 9.09. The van der Waals surface area contributed by atoms with Gasteiger partial charge in [0.25, 0.3) is 0 Å². The van der Waals surface area contributed by atoms with Crippen LogP contribution in [-0.4, -0.2) is 11.4 Å². The van der Waals surface area contributed by atoms with Crippen molar-refractivity contribution >= 4 is 27.5 Å². The van der Waals surface area contributed by atoms with Gasteiger partial charge in [-0.1, -0.05) is 39.7 Å². The van der Waals surface area contributed by atoms with Crippen molar-refractivity contribution in [3.63, 3.8) is 0 Å². The summed E-state index contributed by atoms with van der Waals surface area (Å²) < 4.78 is 5.85. The molecule has 0 aromatic heterocycles. The Kier molecular flexibility index (Phi) is 3.47. The quantitative estimate of drug-likeness (QED) is 0.743. The maximum absolute atomic E-state index is 5.85. The first-order valence-corrected chi connectivity index (χ1v) is 6.26. The molecule has 0 amide bonds. The van der Waals surface area contributed by atoms with E-state index in [1.54, 1.807) is 0 Å². The van der Waals surface area contributed by atoms with Gasteiger partial charge in [0, 0.05) is 10.4 Å². The minimum atomic E-state index is 0.259. The van der Waals surface area contributed by atoms with Crippen molar-refractivity contribution in [1.29, 1.82) is 0 Å². The fourth-order valence-corrected chi connectivity index (χ4v) is 2.34. The van der Waals surface area contributed by atoms with E-state index in [2.05, 4.69) is 15.9 Å². The predicted octanol–water partition coefficient (Wildman–Crippen LogP) is 3.96. The molecule has 76 valence electrons. The summed E-state index contributed by atoms with van der Waals surface area (Å²) in [6.45, 7) is 0. The Balaban J connectivity index is 2.06. The van der Waals surface area contributed by atoms with Gasteiger partial charge >= 0.3 is 0 Å². The molecular weight excluding hydrogens is 263 g/mol. The summed E-state index contributed by atoms with van der Waals surface area (Å²) in [5.41, 5.74) is 1.23. The van der Waals surface area contributed by atoms with E-state index in [0.717, 1.165) is 23.2 Å². The maximum Gasteiger partial charge on any atom is 0.0830 e. The Morgan fingerprint density at radius 1 is 1.29 bits per heavy atom. The summed E-state index contributed by atoms with van der Waals surface area (Å²) in [4.78, 5) is 0. The van der Waals surface area contributed by atoms with E-state index in [1.165, 1.54) is 5.56 Å². The summed E-state index contributed by atoms with van der Waals surface area (Å²) in [6.07, 6.45) is 2.88. The zero-order valence-electron chi connectivity index (χ0n) is 7.75. The van der Waals surface area contributed by atoms with Crippen molar-refractivity contribution in [3.05, 3.63) is 34.9 Å². The lowest BCUT2D eigenvalue weighted by Gasteiger charge is -2.12. The van der Waals surface area contributed by atoms with Crippen LogP contribution in [0.3, 0.4) is 0 Å². The van der Waals surface area contributed by atoms with Crippen LogP contribution < -0.4 is 0 Å². The van der Waals surface area contributed by atoms with Crippen molar-refractivity contribution in [3.8, 4) is 0 Å². The van der Waals surface area contributed by atoms with Crippen LogP contribution in [0.4, 0.5) is 0 Å². The SMILES string of the molecule is Clc1ccc([C@@H]2CC[C@@H](CBr)O2)cc1. The molecule has 2 rings (SSSR count). The molecule has 1 aliphatic heterocycles. The minimum Gasteiger partial charge on any atom is -0.369 e. The number of benzene rings is 1. The van der Waals surface area contributed by atoms with Gasteiger partial charge in [-0.15, -0.1) is 0 Å². The smallest absolute Gasteiger partial charge is 0.0830 e. The van der Waals surface area contributed by atoms with Gasteiger partial charge in [0.05, 0.1) is 12.2 Å². The number of alkyl halides is 1. The highest BCUT2D eigenvalue weighted by Gasteiger charge is 2.25. The normalized spacial score (nSPS) is 26.7. The van der Waals surface area contributed by atoms with Crippen LogP contribution in [0.5, 0.6) is 0 Å². The fraction of sp³-hybridized carbons (Fsp3) is 0.455. The molecule has 0 spiro atoms. The largest absolute Gasteiger partial charge is 0.369 e. The Bertz CT molecular complexity index is 299. The van der Waals surface area contributed by atoms with E-state index < -0.39 is 0 Å². The van der Waals surface area contributed by atoms with Crippen LogP contribution in [0.1, 0.15) is 24.5 Å². The molecule has 0 radical (unpaired) electrons. The average Bonchev–Trinajstić information content (AvgIpc) is 2.67. The maximum atomic E-state index is 5.85. The summed E-state index contributed by atoms with van der Waals surface area (Å²) in [6, 6.07) is 7.93. The standard InChI is InChI=1S/C11H12BrClO/c12-7-10-5-6-11(14-10)8-1-3-9(13)4-2-8/h1-4,10-11H,5-7H2/t10-,11-/m0/s1. The van der Waals surface area contributed by atoms with Crippen molar-refractivity contribution < 1.29 is 4.74 Å². The number of halogens is 2. The molecule has 3 heteroatoms. The lowest BCUT2D eigenvalue weighted by molar-refractivity contribution is 0.0588. The summed E-state index contributed by atoms with van der Waals surface area (Å²) in [5, 5.41) is 1.71. The van der Waals surface area contributed by atoms with Crippen molar-refractivity contribution in [2.75, 3.05) is 5.33 Å². The van der Waals surface area contributed by atoms with Crippen LogP contribution >= 0.6 is 27.5 Å². The molecule has 0 bridgehead atoms. The van der Waals surface area contributed by atoms with Gasteiger partial charge in [0.1, 0.15) is 0 Å². The molecule has 1 aliphatic rings. The van der Waals surface area contributed by atoms with E-state index in [-0.39, 0.29) is 6.10 Å². The van der Waals surface area contributed by atoms with Crippen LogP contribution in [0.2, 0.25) is 5.02 Å². The molecule has 14 heavy (non-hydrogen) atoms. The molecule has 1 aromatic carbocycles. The zero-order chi connectivity index (χ0) is 9.97. The molecule has 0 N–H and O–H groups in total. The van der Waals surface area contributed by atoms with Crippen molar-refractivity contribution in [2.45, 2.75) is 25.0 Å². The molecule has 0 aliphatic carbocycles. The van der Waals surface area contributed by atoms with Crippen LogP contribution in [0.15, 0.2) is 24.3 Å². The molecule has 1 nitrogen and oxygen atoms in total. The molecular formula is C11H12BrClO. The van der Waals surface area contributed by atoms with E-state index >= 15 is 0 Å². The predicted molar refractivity (Wildman–Crippen MR) is 62.1 cm³/mol. The van der Waals surface area contributed by atoms with E-state index in [9.17, 15) is 0 Å². The van der Waals surface area contributed by atoms with Gasteiger partial charge in [-0.3, -0.25) is 0 Å². The van der Waals surface area contributed by atoms with Gasteiger partial charge in [0.2, 0.25) is 0 Å². The lowest BCUT2D eigenvalue weighted by atomic mass is 10.1. The van der Waals surface area contributed by atoms with Crippen molar-refractivity contribution in [1.82, 2.24) is 0 Å². The topological polar surface area (TPSA) is 9.23 Å². The number of hydrogen-bond acceptors (Lipinski definition) is 1. The van der Waals surface area contributed by atoms with E-state index in [0.29, 0.717) is 6.10 Å². The third-order valence-electron chi connectivity index (χ3n) is 2.52. The third kappa shape index (κ3) is 2.30. The highest BCUT2D eigenvalue weighted by Crippen LogP contribution is 2.33. The first kappa shape index (κ1) is 10.5. The van der Waals surface area contributed by atoms with Gasteiger partial charge in [-0.05, 0) is 30.5 Å². The second-order valence-electron chi connectivity index (χ2n) is 3.53. The molecule has 2 atom stereocenters. The minimum absolute atomic E-state index is 0.259. The third-order valence-corrected chi connectivity index (χ3v) is 3.50. The number of rotatable bonds is 2. The number of ether oxygens (including phenoxy) is 1. The molecule has 0 saturated carbocycles. The zero-order valence-corrected chi connectivity index (χ0v) is 10.1. The second kappa shape index (κ2) is 4.65. The molecule has 1 saturated heterocycles. The Hall–Kier alpha value is -0.0500. The highest BCUT2D eigenvalue weighted by atomic mass is 79.9. The Labute approximate surface area is 97.5 Å². The number of hydrogen-bond donors (Lipinski definition) is 0. The van der Waals surface area contributed by atoms with Crippen molar-refractivity contribution in [2.24, 2.45) is 0 Å². The van der Waals surface area contributed by atoms with Gasteiger partial charge in [-0.25, -0.2) is 0 Å². The molecule has 0 unspecified atom stereocenters. The monoisotopic (exact) mass is 274 g/mol. The average molecular weight is 276 g/mol. The second-order valence-corrected chi connectivity index (χ2v) is 4.61. The molecule has 1 aromatic rings. The fourth-order valence-electron chi connectivity index (χ4n) is 1.74. The Morgan fingerprint density at radius 3 is 2.57 bits per heavy atom. The van der Waals surface area contributed by atoms with E-state index in [1.807, 2.05) is 24.3 Å². The van der Waals surface area contributed by atoms with Gasteiger partial charge in [0.15, 0.2) is 0 Å². The van der Waals surface area contributed by atoms with Crippen LogP contribution in [0.25, 0.3) is 0 Å². The summed E-state index contributed by atoms with van der Waals surface area (Å²) in [7, 11) is 0. The van der Waals surface area contributed by atoms with Gasteiger partial charge in [-0.2, -0.15) is 0 Å². The van der Waals surface area contributed by atoms with Gasteiger partial charge < -0.3 is 4.74 Å². The first-order chi connectivity index (χ1) is 6.79. The molecule has 1 heterocycles. The Morgan fingerprint density at radius 2 is 2.00 bits per heavy atom. The van der Waals surface area contributed by atoms with Crippen LogP contribution in [0, 0.1) is 0 Å². The molecule has 1 fully saturated rings. The first-order valence-electron chi connectivity index (χ1n) is 4.76. The summed E-state index contributed by atoms with van der Waals surface area (Å²) >= 11 is 9.27.